The molecule has 5 bridgehead atoms. The first-order chi connectivity index (χ1) is 12.0. The molecule has 7 atom stereocenters. The lowest BCUT2D eigenvalue weighted by atomic mass is 9.40. The summed E-state index contributed by atoms with van der Waals surface area (Å²) in [6.07, 6.45) is 8.86. The lowest BCUT2D eigenvalue weighted by Gasteiger charge is -2.64. The molecule has 7 fully saturated rings. The van der Waals surface area contributed by atoms with Crippen molar-refractivity contribution in [1.29, 1.82) is 10.7 Å². The molecular weight excluding hydrogens is 312 g/mol. The maximum absolute atomic E-state index is 9.98. The molecule has 25 heavy (non-hydrogen) atoms. The van der Waals surface area contributed by atoms with Crippen molar-refractivity contribution in [1.82, 2.24) is 0 Å². The fourth-order valence-corrected chi connectivity index (χ4v) is 9.00. The van der Waals surface area contributed by atoms with Gasteiger partial charge in [0.15, 0.2) is 5.79 Å². The van der Waals surface area contributed by atoms with Gasteiger partial charge in [0, 0.05) is 29.4 Å². The first-order valence-corrected chi connectivity index (χ1v) is 10.3. The van der Waals surface area contributed by atoms with Crippen molar-refractivity contribution in [2.24, 2.45) is 39.9 Å². The molecule has 0 amide bonds. The topological polar surface area (TPSA) is 66.1 Å². The predicted octanol–water partition coefficient (Wildman–Crippen LogP) is 3.91. The zero-order chi connectivity index (χ0) is 17.1. The van der Waals surface area contributed by atoms with Gasteiger partial charge in [-0.25, -0.2) is 0 Å². The van der Waals surface area contributed by atoms with Crippen molar-refractivity contribution in [2.45, 2.75) is 64.1 Å². The third-order valence-electron chi connectivity index (χ3n) is 9.71. The predicted molar refractivity (Wildman–Crippen MR) is 91.8 cm³/mol. The lowest BCUT2D eigenvalue weighted by molar-refractivity contribution is -0.291. The van der Waals surface area contributed by atoms with Crippen molar-refractivity contribution in [3.8, 4) is 6.07 Å². The summed E-state index contributed by atoms with van der Waals surface area (Å²) in [5, 5.41) is 19.3. The van der Waals surface area contributed by atoms with E-state index >= 15 is 0 Å². The molecule has 6 aliphatic carbocycles. The quantitative estimate of drug-likeness (QED) is 0.727. The highest BCUT2D eigenvalue weighted by Crippen LogP contribution is 2.80. The molecule has 134 valence electrons. The molecule has 0 aromatic heterocycles. The summed E-state index contributed by atoms with van der Waals surface area (Å²) in [5.74, 6) is 1.55. The summed E-state index contributed by atoms with van der Waals surface area (Å²) in [5.41, 5.74) is 1.04. The lowest BCUT2D eigenvalue weighted by Crippen LogP contribution is -2.62. The second-order valence-electron chi connectivity index (χ2n) is 10.1. The van der Waals surface area contributed by atoms with Crippen LogP contribution < -0.4 is 0 Å². The largest absolute Gasteiger partial charge is 0.347 e. The summed E-state index contributed by atoms with van der Waals surface area (Å²) >= 11 is 0. The van der Waals surface area contributed by atoms with Crippen molar-refractivity contribution in [3.05, 3.63) is 0 Å². The molecule has 0 radical (unpaired) electrons. The number of rotatable bonds is 0. The smallest absolute Gasteiger partial charge is 0.171 e. The van der Waals surface area contributed by atoms with Crippen molar-refractivity contribution in [3.63, 3.8) is 0 Å². The monoisotopic (exact) mass is 340 g/mol. The summed E-state index contributed by atoms with van der Waals surface area (Å²) in [4.78, 5) is 0. The minimum atomic E-state index is -0.334. The van der Waals surface area contributed by atoms with Crippen LogP contribution in [-0.2, 0) is 9.47 Å². The Morgan fingerprint density at radius 3 is 2.68 bits per heavy atom. The Balaban J connectivity index is 1.50. The Bertz CT molecular complexity index is 707. The third kappa shape index (κ3) is 1.42. The molecule has 6 saturated carbocycles. The molecule has 4 heteroatoms. The molecule has 1 aliphatic heterocycles. The Hall–Kier alpha value is -0.920. The van der Waals surface area contributed by atoms with E-state index in [2.05, 4.69) is 13.0 Å². The van der Waals surface area contributed by atoms with E-state index in [1.165, 1.54) is 6.42 Å². The fraction of sp³-hybridized carbons (Fsp3) is 0.905. The van der Waals surface area contributed by atoms with Crippen molar-refractivity contribution < 1.29 is 9.47 Å². The highest BCUT2D eigenvalue weighted by Gasteiger charge is 2.79. The fourth-order valence-electron chi connectivity index (χ4n) is 9.00. The zero-order valence-corrected chi connectivity index (χ0v) is 15.1. The highest BCUT2D eigenvalue weighted by molar-refractivity contribution is 5.95. The Labute approximate surface area is 149 Å². The minimum absolute atomic E-state index is 0.0145. The standard InChI is InChI=1S/C21H28N2O2/c1-18(12-22)4-2-5-20-15(18)3-6-19-11-21(24-7-8-25-21)13(10-16(19)20)9-14(19)17(20)23/h13-16,23H,2-11H2,1H3/t13?,14?,15-,16?,18?,19-,20?/m1/s1. The number of nitrogens with one attached hydrogen (secondary N) is 1. The summed E-state index contributed by atoms with van der Waals surface area (Å²) in [6, 6.07) is 2.70. The van der Waals surface area contributed by atoms with E-state index in [1.807, 2.05) is 0 Å². The van der Waals surface area contributed by atoms with Crippen molar-refractivity contribution >= 4 is 5.71 Å². The van der Waals surface area contributed by atoms with E-state index in [0.29, 0.717) is 23.7 Å². The van der Waals surface area contributed by atoms with Gasteiger partial charge in [-0.05, 0) is 62.7 Å². The van der Waals surface area contributed by atoms with Crippen LogP contribution >= 0.6 is 0 Å². The summed E-state index contributed by atoms with van der Waals surface area (Å²) < 4.78 is 12.4. The van der Waals surface area contributed by atoms with Crippen LogP contribution in [0, 0.1) is 56.7 Å². The molecule has 1 N–H and O–H groups in total. The number of hydrogen-bond donors (Lipinski definition) is 1. The van der Waals surface area contributed by atoms with Gasteiger partial charge >= 0.3 is 0 Å². The minimum Gasteiger partial charge on any atom is -0.347 e. The van der Waals surface area contributed by atoms with Gasteiger partial charge in [-0.15, -0.1) is 0 Å². The molecule has 3 spiro atoms. The zero-order valence-electron chi connectivity index (χ0n) is 15.1. The van der Waals surface area contributed by atoms with Gasteiger partial charge in [0.05, 0.1) is 24.7 Å². The maximum Gasteiger partial charge on any atom is 0.171 e. The third-order valence-corrected chi connectivity index (χ3v) is 9.71. The molecular formula is C21H28N2O2. The first kappa shape index (κ1) is 15.2. The van der Waals surface area contributed by atoms with Gasteiger partial charge in [0.2, 0.25) is 0 Å². The van der Waals surface area contributed by atoms with Crippen LogP contribution in [-0.4, -0.2) is 24.7 Å². The van der Waals surface area contributed by atoms with E-state index < -0.39 is 0 Å². The number of nitriles is 1. The van der Waals surface area contributed by atoms with Gasteiger partial charge in [0.1, 0.15) is 0 Å². The molecule has 1 saturated heterocycles. The van der Waals surface area contributed by atoms with Crippen LogP contribution in [0.4, 0.5) is 0 Å². The summed E-state index contributed by atoms with van der Waals surface area (Å²) in [6.45, 7) is 3.66. The van der Waals surface area contributed by atoms with Crippen LogP contribution in [0.5, 0.6) is 0 Å². The van der Waals surface area contributed by atoms with Crippen LogP contribution in [0.15, 0.2) is 0 Å². The maximum atomic E-state index is 9.98. The second-order valence-corrected chi connectivity index (χ2v) is 10.1. The number of nitrogens with zero attached hydrogens (tertiary/aromatic N) is 1. The average Bonchev–Trinajstić information content (AvgIpc) is 3.07. The highest BCUT2D eigenvalue weighted by atomic mass is 16.7. The first-order valence-electron chi connectivity index (χ1n) is 10.3. The average molecular weight is 340 g/mol. The van der Waals surface area contributed by atoms with Gasteiger partial charge in [-0.2, -0.15) is 5.26 Å². The Kier molecular flexibility index (Phi) is 2.62. The van der Waals surface area contributed by atoms with Crippen LogP contribution in [0.3, 0.4) is 0 Å². The van der Waals surface area contributed by atoms with E-state index in [1.54, 1.807) is 0 Å². The SMILES string of the molecule is CC1(C#N)CCCC23C(=N)C4CC5CC2[C@]4(CC[C@H]13)CC51OCCO1. The molecule has 7 aliphatic rings. The van der Waals surface area contributed by atoms with Crippen molar-refractivity contribution in [2.75, 3.05) is 13.2 Å². The van der Waals surface area contributed by atoms with Crippen LogP contribution in [0.25, 0.3) is 0 Å². The number of hydrogen-bond acceptors (Lipinski definition) is 4. The molecule has 7 rings (SSSR count). The van der Waals surface area contributed by atoms with E-state index in [0.717, 1.165) is 63.9 Å². The van der Waals surface area contributed by atoms with E-state index in [-0.39, 0.29) is 22.0 Å². The second kappa shape index (κ2) is 4.31. The van der Waals surface area contributed by atoms with Gasteiger partial charge < -0.3 is 14.9 Å². The normalized spacial score (nSPS) is 57.5. The molecule has 5 unspecified atom stereocenters. The number of ether oxygens (including phenoxy) is 2. The van der Waals surface area contributed by atoms with Crippen LogP contribution in [0.2, 0.25) is 0 Å². The van der Waals surface area contributed by atoms with Gasteiger partial charge in [-0.3, -0.25) is 0 Å². The molecule has 0 aromatic rings. The Morgan fingerprint density at radius 2 is 1.92 bits per heavy atom. The Morgan fingerprint density at radius 1 is 1.12 bits per heavy atom. The van der Waals surface area contributed by atoms with Crippen LogP contribution in [0.1, 0.15) is 58.3 Å². The van der Waals surface area contributed by atoms with E-state index in [4.69, 9.17) is 9.47 Å². The van der Waals surface area contributed by atoms with Gasteiger partial charge in [-0.1, -0.05) is 6.42 Å². The summed E-state index contributed by atoms with van der Waals surface area (Å²) in [7, 11) is 0. The molecule has 1 heterocycles. The van der Waals surface area contributed by atoms with Gasteiger partial charge in [0.25, 0.3) is 0 Å². The molecule has 4 nitrogen and oxygen atoms in total. The molecule has 0 aromatic carbocycles. The van der Waals surface area contributed by atoms with E-state index in [9.17, 15) is 10.7 Å².